The third-order valence-electron chi connectivity index (χ3n) is 9.39. The molecule has 1 aliphatic carbocycles. The molecule has 2 aliphatic rings. The van der Waals surface area contributed by atoms with Crippen molar-refractivity contribution in [2.45, 2.75) is 153 Å². The molecule has 2 aromatic heterocycles. The monoisotopic (exact) mass is 547 g/mol. The summed E-state index contributed by atoms with van der Waals surface area (Å²) < 4.78 is 0. The van der Waals surface area contributed by atoms with Gasteiger partial charge in [-0.05, 0) is 74.6 Å². The average Bonchev–Trinajstić information content (AvgIpc) is 3.60. The summed E-state index contributed by atoms with van der Waals surface area (Å²) in [6.07, 6.45) is 37.9. The van der Waals surface area contributed by atoms with E-state index in [-0.39, 0.29) is 0 Å². The van der Waals surface area contributed by atoms with Gasteiger partial charge in [0.2, 0.25) is 0 Å². The maximum atomic E-state index is 6.57. The lowest BCUT2D eigenvalue weighted by molar-refractivity contribution is -0.167. The lowest BCUT2D eigenvalue weighted by Gasteiger charge is -2.21. The van der Waals surface area contributed by atoms with E-state index in [2.05, 4.69) is 27.2 Å². The van der Waals surface area contributed by atoms with Crippen LogP contribution in [0.25, 0.3) is 0 Å². The van der Waals surface area contributed by atoms with Crippen LogP contribution in [0.5, 0.6) is 0 Å². The van der Waals surface area contributed by atoms with Gasteiger partial charge in [-0.3, -0.25) is 14.8 Å². The standard InChI is InChI=1S/C36H57N3O/c1(3-5-9-13-20-32-22-18-27-37-30-32)2-4-8-12-16-29-39-35-25-17-24-34(35)36(40-39)26-15-11-7-6-10-14-21-33-23-19-28-38-31-33/h18-19,22-23,27-28,30-31,34-36H,1-17,20-21,24-26,29H2/t34-,35+,36-/m0/s1. The minimum Gasteiger partial charge on any atom is -0.295 e. The van der Waals surface area contributed by atoms with Gasteiger partial charge in [0, 0.05) is 43.3 Å². The molecule has 0 aromatic carbocycles. The molecule has 0 bridgehead atoms. The van der Waals surface area contributed by atoms with Crippen molar-refractivity contribution in [1.82, 2.24) is 15.0 Å². The summed E-state index contributed by atoms with van der Waals surface area (Å²) in [4.78, 5) is 15.0. The van der Waals surface area contributed by atoms with Gasteiger partial charge in [0.1, 0.15) is 0 Å². The lowest BCUT2D eigenvalue weighted by atomic mass is 9.93. The maximum absolute atomic E-state index is 6.57. The number of unbranched alkanes of at least 4 members (excludes halogenated alkanes) is 14. The Hall–Kier alpha value is -1.78. The van der Waals surface area contributed by atoms with E-state index in [0.29, 0.717) is 6.10 Å². The van der Waals surface area contributed by atoms with Crippen LogP contribution in [0.3, 0.4) is 0 Å². The molecule has 0 N–H and O–H groups in total. The normalized spacial score (nSPS) is 20.8. The molecule has 3 heterocycles. The topological polar surface area (TPSA) is 38.2 Å². The van der Waals surface area contributed by atoms with Crippen LogP contribution >= 0.6 is 0 Å². The van der Waals surface area contributed by atoms with Crippen LogP contribution in [0.15, 0.2) is 49.1 Å². The first kappa shape index (κ1) is 31.2. The third-order valence-corrected chi connectivity index (χ3v) is 9.39. The van der Waals surface area contributed by atoms with Crippen LogP contribution in [0.1, 0.15) is 140 Å². The van der Waals surface area contributed by atoms with Gasteiger partial charge in [-0.1, -0.05) is 102 Å². The first-order valence-electron chi connectivity index (χ1n) is 17.1. The molecule has 2 fully saturated rings. The van der Waals surface area contributed by atoms with Crippen molar-refractivity contribution >= 4 is 0 Å². The molecule has 4 nitrogen and oxygen atoms in total. The van der Waals surface area contributed by atoms with Crippen LogP contribution in [0.4, 0.5) is 0 Å². The zero-order chi connectivity index (χ0) is 27.5. The van der Waals surface area contributed by atoms with E-state index in [1.807, 2.05) is 36.9 Å². The molecule has 1 saturated carbocycles. The molecule has 4 rings (SSSR count). The number of pyridine rings is 2. The van der Waals surface area contributed by atoms with E-state index in [0.717, 1.165) is 18.5 Å². The van der Waals surface area contributed by atoms with Crippen molar-refractivity contribution < 1.29 is 4.84 Å². The summed E-state index contributed by atoms with van der Waals surface area (Å²) >= 11 is 0. The second kappa shape index (κ2) is 19.4. The summed E-state index contributed by atoms with van der Waals surface area (Å²) in [5.41, 5.74) is 2.77. The molecule has 4 heteroatoms. The molecular formula is C36H57N3O. The molecule has 0 spiro atoms. The van der Waals surface area contributed by atoms with Gasteiger partial charge in [0.05, 0.1) is 6.10 Å². The Morgan fingerprint density at radius 3 is 1.70 bits per heavy atom. The predicted octanol–water partition coefficient (Wildman–Crippen LogP) is 9.68. The Morgan fingerprint density at radius 2 is 1.15 bits per heavy atom. The number of rotatable bonds is 22. The van der Waals surface area contributed by atoms with Crippen molar-refractivity contribution in [3.63, 3.8) is 0 Å². The Labute approximate surface area is 245 Å². The van der Waals surface area contributed by atoms with E-state index >= 15 is 0 Å². The Bertz CT molecular complexity index is 876. The number of hydrogen-bond acceptors (Lipinski definition) is 4. The Kier molecular flexibility index (Phi) is 15.1. The Morgan fingerprint density at radius 1 is 0.625 bits per heavy atom. The van der Waals surface area contributed by atoms with Gasteiger partial charge in [0.15, 0.2) is 0 Å². The summed E-state index contributed by atoms with van der Waals surface area (Å²) in [5, 5.41) is 2.44. The Balaban J connectivity index is 0.942. The third kappa shape index (κ3) is 11.6. The van der Waals surface area contributed by atoms with Gasteiger partial charge in [0.25, 0.3) is 0 Å². The van der Waals surface area contributed by atoms with Crippen LogP contribution < -0.4 is 0 Å². The molecule has 1 saturated heterocycles. The van der Waals surface area contributed by atoms with E-state index in [9.17, 15) is 0 Å². The zero-order valence-corrected chi connectivity index (χ0v) is 25.4. The van der Waals surface area contributed by atoms with Crippen LogP contribution in [0.2, 0.25) is 0 Å². The number of hydrogen-bond donors (Lipinski definition) is 0. The number of hydroxylamine groups is 2. The van der Waals surface area contributed by atoms with E-state index in [4.69, 9.17) is 4.84 Å². The first-order valence-corrected chi connectivity index (χ1v) is 17.1. The minimum atomic E-state index is 0.502. The van der Waals surface area contributed by atoms with Gasteiger partial charge < -0.3 is 0 Å². The highest BCUT2D eigenvalue weighted by atomic mass is 16.7. The quantitative estimate of drug-likeness (QED) is 0.138. The van der Waals surface area contributed by atoms with Crippen molar-refractivity contribution in [3.05, 3.63) is 60.2 Å². The fourth-order valence-corrected chi connectivity index (χ4v) is 7.06. The lowest BCUT2D eigenvalue weighted by Crippen LogP contribution is -2.29. The van der Waals surface area contributed by atoms with Crippen molar-refractivity contribution in [2.75, 3.05) is 6.54 Å². The molecule has 3 atom stereocenters. The van der Waals surface area contributed by atoms with E-state index in [1.165, 1.54) is 152 Å². The van der Waals surface area contributed by atoms with Crippen LogP contribution in [-0.4, -0.2) is 33.7 Å². The largest absolute Gasteiger partial charge is 0.295 e. The van der Waals surface area contributed by atoms with Gasteiger partial charge >= 0.3 is 0 Å². The second-order valence-electron chi connectivity index (χ2n) is 12.6. The predicted molar refractivity (Wildman–Crippen MR) is 167 cm³/mol. The van der Waals surface area contributed by atoms with Crippen molar-refractivity contribution in [2.24, 2.45) is 5.92 Å². The summed E-state index contributed by atoms with van der Waals surface area (Å²) in [6, 6.07) is 9.21. The number of nitrogens with zero attached hydrogens (tertiary/aromatic N) is 3. The van der Waals surface area contributed by atoms with Crippen molar-refractivity contribution in [3.8, 4) is 0 Å². The SMILES string of the molecule is c1cncc(CCCCCCCCCCCCN2O[C@@H](CCCCCCCCc3cccnc3)[C@H]3CCC[C@H]32)c1. The van der Waals surface area contributed by atoms with Crippen molar-refractivity contribution in [1.29, 1.82) is 0 Å². The van der Waals surface area contributed by atoms with Gasteiger partial charge in [-0.25, -0.2) is 0 Å². The van der Waals surface area contributed by atoms with Crippen LogP contribution in [-0.2, 0) is 17.7 Å². The fraction of sp³-hybridized carbons (Fsp3) is 0.722. The molecule has 0 unspecified atom stereocenters. The second-order valence-corrected chi connectivity index (χ2v) is 12.6. The number of aryl methyl sites for hydroxylation is 2. The summed E-state index contributed by atoms with van der Waals surface area (Å²) in [6.45, 7) is 1.16. The highest BCUT2D eigenvalue weighted by molar-refractivity contribution is 5.08. The summed E-state index contributed by atoms with van der Waals surface area (Å²) in [5.74, 6) is 0.809. The highest BCUT2D eigenvalue weighted by Gasteiger charge is 2.44. The highest BCUT2D eigenvalue weighted by Crippen LogP contribution is 2.41. The van der Waals surface area contributed by atoms with Gasteiger partial charge in [-0.2, -0.15) is 5.06 Å². The number of fused-ring (bicyclic) bond motifs is 1. The smallest absolute Gasteiger partial charge is 0.0837 e. The molecule has 222 valence electrons. The van der Waals surface area contributed by atoms with E-state index in [1.54, 1.807) is 0 Å². The maximum Gasteiger partial charge on any atom is 0.0837 e. The van der Waals surface area contributed by atoms with Gasteiger partial charge in [-0.15, -0.1) is 0 Å². The first-order chi connectivity index (χ1) is 19.9. The van der Waals surface area contributed by atoms with Crippen LogP contribution in [0, 0.1) is 5.92 Å². The molecule has 40 heavy (non-hydrogen) atoms. The molecule has 1 aliphatic heterocycles. The molecule has 0 amide bonds. The zero-order valence-electron chi connectivity index (χ0n) is 25.4. The molecule has 0 radical (unpaired) electrons. The summed E-state index contributed by atoms with van der Waals surface area (Å²) in [7, 11) is 0. The molecule has 2 aromatic rings. The molecular weight excluding hydrogens is 490 g/mol. The fourth-order valence-electron chi connectivity index (χ4n) is 7.06. The average molecular weight is 548 g/mol. The van der Waals surface area contributed by atoms with E-state index < -0.39 is 0 Å². The number of aromatic nitrogens is 2. The minimum absolute atomic E-state index is 0.502.